The summed E-state index contributed by atoms with van der Waals surface area (Å²) in [6.45, 7) is 0.247. The molecule has 0 saturated heterocycles. The summed E-state index contributed by atoms with van der Waals surface area (Å²) in [5.41, 5.74) is 1.93. The third-order valence-electron chi connectivity index (χ3n) is 4.62. The van der Waals surface area contributed by atoms with Crippen molar-refractivity contribution in [2.45, 2.75) is 12.7 Å². The van der Waals surface area contributed by atoms with E-state index in [1.165, 1.54) is 19.2 Å². The lowest BCUT2D eigenvalue weighted by Gasteiger charge is -2.17. The Morgan fingerprint density at radius 2 is 1.84 bits per heavy atom. The van der Waals surface area contributed by atoms with E-state index in [-0.39, 0.29) is 35.9 Å². The molecule has 1 unspecified atom stereocenters. The smallest absolute Gasteiger partial charge is 0.279 e. The number of nitrogens with one attached hydrogen (secondary N) is 1. The summed E-state index contributed by atoms with van der Waals surface area (Å²) in [6, 6.07) is 20.8. The van der Waals surface area contributed by atoms with Gasteiger partial charge in [0.1, 0.15) is 12.7 Å². The molecule has 0 heterocycles. The molecule has 8 nitrogen and oxygen atoms in total. The molecular formula is C23H21N3O5. The lowest BCUT2D eigenvalue weighted by Crippen LogP contribution is -2.14. The number of rotatable bonds is 9. The lowest BCUT2D eigenvalue weighted by molar-refractivity contribution is -0.386. The maximum atomic E-state index is 11.6. The van der Waals surface area contributed by atoms with Gasteiger partial charge in [-0.25, -0.2) is 0 Å². The second-order valence-electron chi connectivity index (χ2n) is 6.68. The maximum Gasteiger partial charge on any atom is 0.279 e. The van der Waals surface area contributed by atoms with Crippen molar-refractivity contribution >= 4 is 11.4 Å². The molecule has 31 heavy (non-hydrogen) atoms. The number of nitro benzene ring substituents is 1. The largest absolute Gasteiger partial charge is 0.493 e. The van der Waals surface area contributed by atoms with Crippen LogP contribution in [-0.4, -0.2) is 23.7 Å². The van der Waals surface area contributed by atoms with Crippen molar-refractivity contribution in [3.63, 3.8) is 0 Å². The molecule has 158 valence electrons. The highest BCUT2D eigenvalue weighted by Crippen LogP contribution is 2.38. The van der Waals surface area contributed by atoms with Crippen LogP contribution in [0.4, 0.5) is 11.4 Å². The van der Waals surface area contributed by atoms with E-state index in [9.17, 15) is 15.2 Å². The number of aliphatic hydroxyl groups is 1. The third kappa shape index (κ3) is 5.50. The normalized spacial score (nSPS) is 11.3. The number of aliphatic hydroxyl groups excluding tert-OH is 1. The molecule has 3 aromatic carbocycles. The number of nitro groups is 1. The standard InChI is InChI=1S/C23H21N3O5/c1-30-22-11-19(21(27)14-25-18-9-7-16(13-24)8-10-18)20(26(28)29)12-23(22)31-15-17-5-3-2-4-6-17/h2-12,21,25,27H,14-15H2,1H3. The summed E-state index contributed by atoms with van der Waals surface area (Å²) in [5.74, 6) is 0.503. The van der Waals surface area contributed by atoms with Gasteiger partial charge in [0.25, 0.3) is 5.69 Å². The van der Waals surface area contributed by atoms with Gasteiger partial charge in [-0.3, -0.25) is 10.1 Å². The SMILES string of the molecule is COc1cc(C(O)CNc2ccc(C#N)cc2)c([N+](=O)[O-])cc1OCc1ccccc1. The van der Waals surface area contributed by atoms with Gasteiger partial charge in [-0.2, -0.15) is 5.26 Å². The zero-order valence-corrected chi connectivity index (χ0v) is 16.8. The van der Waals surface area contributed by atoms with Gasteiger partial charge in [-0.1, -0.05) is 30.3 Å². The van der Waals surface area contributed by atoms with Crippen LogP contribution in [0.2, 0.25) is 0 Å². The molecule has 0 aliphatic heterocycles. The van der Waals surface area contributed by atoms with Crippen LogP contribution < -0.4 is 14.8 Å². The van der Waals surface area contributed by atoms with E-state index in [1.54, 1.807) is 24.3 Å². The lowest BCUT2D eigenvalue weighted by atomic mass is 10.1. The molecule has 0 radical (unpaired) electrons. The first-order valence-corrected chi connectivity index (χ1v) is 9.47. The second-order valence-corrected chi connectivity index (χ2v) is 6.68. The van der Waals surface area contributed by atoms with E-state index in [1.807, 2.05) is 36.4 Å². The second kappa shape index (κ2) is 10.1. The van der Waals surface area contributed by atoms with Gasteiger partial charge in [-0.15, -0.1) is 0 Å². The molecule has 0 saturated carbocycles. The van der Waals surface area contributed by atoms with Crippen molar-refractivity contribution in [2.24, 2.45) is 0 Å². The van der Waals surface area contributed by atoms with Crippen LogP contribution in [0.15, 0.2) is 66.7 Å². The van der Waals surface area contributed by atoms with Gasteiger partial charge in [-0.05, 0) is 35.9 Å². The summed E-state index contributed by atoms with van der Waals surface area (Å²) in [7, 11) is 1.43. The zero-order chi connectivity index (χ0) is 22.2. The predicted octanol–water partition coefficient (Wildman–Crippen LogP) is 4.20. The van der Waals surface area contributed by atoms with Crippen molar-refractivity contribution in [3.05, 3.63) is 93.5 Å². The first kappa shape index (κ1) is 21.6. The maximum absolute atomic E-state index is 11.6. The molecule has 8 heteroatoms. The van der Waals surface area contributed by atoms with Crippen molar-refractivity contribution in [1.29, 1.82) is 5.26 Å². The first-order valence-electron chi connectivity index (χ1n) is 9.47. The minimum absolute atomic E-state index is 0.0279. The number of hydrogen-bond acceptors (Lipinski definition) is 7. The third-order valence-corrected chi connectivity index (χ3v) is 4.62. The number of anilines is 1. The average molecular weight is 419 g/mol. The Labute approximate surface area is 179 Å². The topological polar surface area (TPSA) is 118 Å². The minimum Gasteiger partial charge on any atom is -0.493 e. The fraction of sp³-hybridized carbons (Fsp3) is 0.174. The molecule has 1 atom stereocenters. The molecule has 2 N–H and O–H groups in total. The molecule has 0 aliphatic carbocycles. The van der Waals surface area contributed by atoms with Gasteiger partial charge in [0.2, 0.25) is 0 Å². The van der Waals surface area contributed by atoms with Gasteiger partial charge < -0.3 is 19.9 Å². The monoisotopic (exact) mass is 419 g/mol. The van der Waals surface area contributed by atoms with E-state index in [0.717, 1.165) is 5.56 Å². The number of nitrogens with zero attached hydrogens (tertiary/aromatic N) is 2. The van der Waals surface area contributed by atoms with Crippen molar-refractivity contribution in [1.82, 2.24) is 0 Å². The summed E-state index contributed by atoms with van der Waals surface area (Å²) >= 11 is 0. The molecule has 0 bridgehead atoms. The average Bonchev–Trinajstić information content (AvgIpc) is 2.81. The number of benzene rings is 3. The summed E-state index contributed by atoms with van der Waals surface area (Å²) in [4.78, 5) is 11.1. The Bertz CT molecular complexity index is 1080. The number of ether oxygens (including phenoxy) is 2. The molecule has 3 rings (SSSR count). The fourth-order valence-corrected chi connectivity index (χ4v) is 2.98. The zero-order valence-electron chi connectivity index (χ0n) is 16.8. The van der Waals surface area contributed by atoms with Crippen molar-refractivity contribution in [3.8, 4) is 17.6 Å². The molecule has 0 amide bonds. The number of methoxy groups -OCH3 is 1. The van der Waals surface area contributed by atoms with Crippen molar-refractivity contribution in [2.75, 3.05) is 19.0 Å². The van der Waals surface area contributed by atoms with Crippen LogP contribution in [-0.2, 0) is 6.61 Å². The Balaban J connectivity index is 1.79. The van der Waals surface area contributed by atoms with Crippen molar-refractivity contribution < 1.29 is 19.5 Å². The van der Waals surface area contributed by atoms with Gasteiger partial charge in [0, 0.05) is 12.2 Å². The summed E-state index contributed by atoms with van der Waals surface area (Å²) < 4.78 is 11.1. The Hall–Kier alpha value is -4.09. The number of hydrogen-bond donors (Lipinski definition) is 2. The Morgan fingerprint density at radius 1 is 1.13 bits per heavy atom. The molecule has 0 fully saturated rings. The van der Waals surface area contributed by atoms with E-state index in [0.29, 0.717) is 11.3 Å². The summed E-state index contributed by atoms with van der Waals surface area (Å²) in [5, 5.41) is 34.1. The van der Waals surface area contributed by atoms with Crippen LogP contribution in [0.3, 0.4) is 0 Å². The van der Waals surface area contributed by atoms with Gasteiger partial charge in [0.15, 0.2) is 11.5 Å². The quantitative estimate of drug-likeness (QED) is 0.394. The predicted molar refractivity (Wildman–Crippen MR) is 115 cm³/mol. The Kier molecular flexibility index (Phi) is 7.04. The van der Waals surface area contributed by atoms with Crippen LogP contribution in [0.5, 0.6) is 11.5 Å². The van der Waals surface area contributed by atoms with E-state index in [4.69, 9.17) is 14.7 Å². The molecule has 0 aromatic heterocycles. The van der Waals surface area contributed by atoms with Gasteiger partial charge >= 0.3 is 0 Å². The van der Waals surface area contributed by atoms with Crippen LogP contribution in [0.25, 0.3) is 0 Å². The highest BCUT2D eigenvalue weighted by atomic mass is 16.6. The minimum atomic E-state index is -1.17. The number of nitriles is 1. The summed E-state index contributed by atoms with van der Waals surface area (Å²) in [6.07, 6.45) is -1.17. The molecule has 0 spiro atoms. The van der Waals surface area contributed by atoms with Crippen LogP contribution in [0.1, 0.15) is 22.8 Å². The molecule has 3 aromatic rings. The first-order chi connectivity index (χ1) is 15.0. The Morgan fingerprint density at radius 3 is 2.45 bits per heavy atom. The van der Waals surface area contributed by atoms with E-state index in [2.05, 4.69) is 5.32 Å². The molecular weight excluding hydrogens is 398 g/mol. The van der Waals surface area contributed by atoms with E-state index >= 15 is 0 Å². The van der Waals surface area contributed by atoms with E-state index < -0.39 is 11.0 Å². The van der Waals surface area contributed by atoms with Crippen LogP contribution >= 0.6 is 0 Å². The fourth-order valence-electron chi connectivity index (χ4n) is 2.98. The van der Waals surface area contributed by atoms with Crippen LogP contribution in [0, 0.1) is 21.4 Å². The van der Waals surface area contributed by atoms with Gasteiger partial charge in [0.05, 0.1) is 35.3 Å². The highest BCUT2D eigenvalue weighted by molar-refractivity contribution is 5.56. The highest BCUT2D eigenvalue weighted by Gasteiger charge is 2.25. The molecule has 0 aliphatic rings.